The first kappa shape index (κ1) is 13.5. The van der Waals surface area contributed by atoms with Crippen LogP contribution in [0.4, 0.5) is 0 Å². The quantitative estimate of drug-likeness (QED) is 0.758. The third-order valence-electron chi connectivity index (χ3n) is 2.23. The summed E-state index contributed by atoms with van der Waals surface area (Å²) in [7, 11) is 0. The van der Waals surface area contributed by atoms with E-state index in [9.17, 15) is 4.79 Å². The number of rotatable bonds is 7. The average Bonchev–Trinajstić information content (AvgIpc) is 2.72. The van der Waals surface area contributed by atoms with Crippen molar-refractivity contribution in [3.8, 4) is 11.8 Å². The maximum absolute atomic E-state index is 11.0. The molecule has 0 radical (unpaired) electrons. The van der Waals surface area contributed by atoms with Gasteiger partial charge in [0.05, 0.1) is 12.7 Å². The highest BCUT2D eigenvalue weighted by Crippen LogP contribution is 2.30. The molecule has 1 aromatic heterocycles. The zero-order valence-corrected chi connectivity index (χ0v) is 10.5. The molecule has 0 aromatic carbocycles. The van der Waals surface area contributed by atoms with Crippen LogP contribution in [0, 0.1) is 11.3 Å². The lowest BCUT2D eigenvalue weighted by molar-refractivity contribution is 0.0698. The van der Waals surface area contributed by atoms with Crippen molar-refractivity contribution < 1.29 is 14.6 Å². The van der Waals surface area contributed by atoms with Crippen LogP contribution >= 0.6 is 11.3 Å². The summed E-state index contributed by atoms with van der Waals surface area (Å²) in [6.45, 7) is 2.44. The molecule has 0 aliphatic heterocycles. The summed E-state index contributed by atoms with van der Waals surface area (Å²) in [6.07, 6.45) is 2.87. The number of ether oxygens (including phenoxy) is 1. The van der Waals surface area contributed by atoms with Gasteiger partial charge in [-0.3, -0.25) is 0 Å². The Bertz CT molecular complexity index is 420. The molecule has 0 spiro atoms. The zero-order valence-electron chi connectivity index (χ0n) is 9.73. The van der Waals surface area contributed by atoms with Crippen LogP contribution in [-0.4, -0.2) is 17.7 Å². The van der Waals surface area contributed by atoms with Gasteiger partial charge in [-0.1, -0.05) is 6.92 Å². The predicted molar refractivity (Wildman–Crippen MR) is 65.6 cm³/mol. The number of unbranched alkanes of at least 4 members (excludes halogenated alkanes) is 2. The highest BCUT2D eigenvalue weighted by molar-refractivity contribution is 7.14. The number of nitriles is 1. The predicted octanol–water partition coefficient (Wildman–Crippen LogP) is 3.08. The van der Waals surface area contributed by atoms with E-state index in [1.165, 1.54) is 11.3 Å². The minimum absolute atomic E-state index is 0.266. The molecule has 17 heavy (non-hydrogen) atoms. The van der Waals surface area contributed by atoms with Gasteiger partial charge >= 0.3 is 5.97 Å². The van der Waals surface area contributed by atoms with Crippen molar-refractivity contribution in [3.05, 3.63) is 15.8 Å². The topological polar surface area (TPSA) is 70.3 Å². The van der Waals surface area contributed by atoms with E-state index in [-0.39, 0.29) is 4.88 Å². The second-order valence-corrected chi connectivity index (χ2v) is 4.67. The highest BCUT2D eigenvalue weighted by atomic mass is 32.1. The molecule has 0 fully saturated rings. The Morgan fingerprint density at radius 1 is 1.59 bits per heavy atom. The molecular weight excluding hydrogens is 238 g/mol. The van der Waals surface area contributed by atoms with Gasteiger partial charge in [0.15, 0.2) is 4.88 Å². The molecule has 0 amide bonds. The largest absolute Gasteiger partial charge is 0.492 e. The SMILES string of the molecule is CCc1cc(OCCCCC#N)c(C(=O)O)s1. The summed E-state index contributed by atoms with van der Waals surface area (Å²) < 4.78 is 5.45. The van der Waals surface area contributed by atoms with E-state index >= 15 is 0 Å². The highest BCUT2D eigenvalue weighted by Gasteiger charge is 2.15. The maximum atomic E-state index is 11.0. The first-order chi connectivity index (χ1) is 8.19. The molecule has 1 N–H and O–H groups in total. The summed E-state index contributed by atoms with van der Waals surface area (Å²) in [5.74, 6) is -0.488. The Labute approximate surface area is 104 Å². The lowest BCUT2D eigenvalue weighted by Crippen LogP contribution is -2.01. The van der Waals surface area contributed by atoms with Gasteiger partial charge in [0.1, 0.15) is 5.75 Å². The molecule has 1 heterocycles. The zero-order chi connectivity index (χ0) is 12.7. The smallest absolute Gasteiger partial charge is 0.349 e. The van der Waals surface area contributed by atoms with Crippen molar-refractivity contribution in [2.24, 2.45) is 0 Å². The monoisotopic (exact) mass is 253 g/mol. The normalized spacial score (nSPS) is 9.88. The molecular formula is C12H15NO3S. The number of thiophene rings is 1. The molecule has 0 aliphatic rings. The Hall–Kier alpha value is -1.54. The second kappa shape index (κ2) is 6.92. The molecule has 92 valence electrons. The fourth-order valence-electron chi connectivity index (χ4n) is 1.34. The Balaban J connectivity index is 2.54. The van der Waals surface area contributed by atoms with Crippen LogP contribution in [0.1, 0.15) is 40.7 Å². The molecule has 0 unspecified atom stereocenters. The summed E-state index contributed by atoms with van der Waals surface area (Å²) >= 11 is 1.26. The maximum Gasteiger partial charge on any atom is 0.349 e. The number of carboxylic acid groups (broad SMARTS) is 1. The fraction of sp³-hybridized carbons (Fsp3) is 0.500. The van der Waals surface area contributed by atoms with Gasteiger partial charge in [-0.25, -0.2) is 4.79 Å². The lowest BCUT2D eigenvalue weighted by Gasteiger charge is -2.03. The van der Waals surface area contributed by atoms with Crippen LogP contribution in [0.15, 0.2) is 6.07 Å². The van der Waals surface area contributed by atoms with E-state index in [2.05, 4.69) is 6.07 Å². The van der Waals surface area contributed by atoms with Crippen LogP contribution < -0.4 is 4.74 Å². The summed E-state index contributed by atoms with van der Waals surface area (Å²) in [4.78, 5) is 12.2. The standard InChI is InChI=1S/C12H15NO3S/c1-2-9-8-10(11(17-9)12(14)15)16-7-5-3-4-6-13/h8H,2-5,7H2,1H3,(H,14,15). The first-order valence-electron chi connectivity index (χ1n) is 5.54. The van der Waals surface area contributed by atoms with E-state index in [4.69, 9.17) is 15.1 Å². The van der Waals surface area contributed by atoms with Crippen LogP contribution in [-0.2, 0) is 6.42 Å². The van der Waals surface area contributed by atoms with Gasteiger partial charge in [-0.15, -0.1) is 11.3 Å². The van der Waals surface area contributed by atoms with Crippen LogP contribution in [0.25, 0.3) is 0 Å². The summed E-state index contributed by atoms with van der Waals surface area (Å²) in [5.41, 5.74) is 0. The molecule has 1 rings (SSSR count). The third-order valence-corrected chi connectivity index (χ3v) is 3.48. The Morgan fingerprint density at radius 2 is 2.35 bits per heavy atom. The molecule has 5 heteroatoms. The van der Waals surface area contributed by atoms with Crippen molar-refractivity contribution in [2.75, 3.05) is 6.61 Å². The van der Waals surface area contributed by atoms with Gasteiger partial charge in [0.2, 0.25) is 0 Å². The van der Waals surface area contributed by atoms with Crippen LogP contribution in [0.5, 0.6) is 5.75 Å². The summed E-state index contributed by atoms with van der Waals surface area (Å²) in [5, 5.41) is 17.4. The van der Waals surface area contributed by atoms with E-state index < -0.39 is 5.97 Å². The van der Waals surface area contributed by atoms with E-state index in [1.807, 2.05) is 6.92 Å². The van der Waals surface area contributed by atoms with Crippen molar-refractivity contribution >= 4 is 17.3 Å². The number of carbonyl (C=O) groups is 1. The number of aryl methyl sites for hydroxylation is 1. The van der Waals surface area contributed by atoms with Gasteiger partial charge < -0.3 is 9.84 Å². The number of nitrogens with zero attached hydrogens (tertiary/aromatic N) is 1. The Kier molecular flexibility index (Phi) is 5.50. The second-order valence-electron chi connectivity index (χ2n) is 3.53. The van der Waals surface area contributed by atoms with Gasteiger partial charge in [-0.2, -0.15) is 5.26 Å². The van der Waals surface area contributed by atoms with E-state index in [0.717, 1.165) is 24.1 Å². The fourth-order valence-corrected chi connectivity index (χ4v) is 2.22. The minimum atomic E-state index is -0.943. The number of carboxylic acids is 1. The van der Waals surface area contributed by atoms with Crippen molar-refractivity contribution in [3.63, 3.8) is 0 Å². The molecule has 0 aliphatic carbocycles. The number of aromatic carboxylic acids is 1. The van der Waals surface area contributed by atoms with Crippen LogP contribution in [0.3, 0.4) is 0 Å². The molecule has 0 bridgehead atoms. The van der Waals surface area contributed by atoms with Crippen molar-refractivity contribution in [1.29, 1.82) is 5.26 Å². The molecule has 0 saturated carbocycles. The molecule has 4 nitrogen and oxygen atoms in total. The molecule has 0 atom stereocenters. The minimum Gasteiger partial charge on any atom is -0.492 e. The van der Waals surface area contributed by atoms with Gasteiger partial charge in [0, 0.05) is 11.3 Å². The Morgan fingerprint density at radius 3 is 2.94 bits per heavy atom. The average molecular weight is 253 g/mol. The lowest BCUT2D eigenvalue weighted by atomic mass is 10.2. The number of hydrogen-bond acceptors (Lipinski definition) is 4. The van der Waals surface area contributed by atoms with Gasteiger partial charge in [0.25, 0.3) is 0 Å². The summed E-state index contributed by atoms with van der Waals surface area (Å²) in [6, 6.07) is 3.85. The molecule has 0 saturated heterocycles. The van der Waals surface area contributed by atoms with Crippen molar-refractivity contribution in [1.82, 2.24) is 0 Å². The number of hydrogen-bond donors (Lipinski definition) is 1. The van der Waals surface area contributed by atoms with E-state index in [0.29, 0.717) is 18.8 Å². The van der Waals surface area contributed by atoms with Crippen molar-refractivity contribution in [2.45, 2.75) is 32.6 Å². The van der Waals surface area contributed by atoms with Crippen LogP contribution in [0.2, 0.25) is 0 Å². The third kappa shape index (κ3) is 4.08. The molecule has 1 aromatic rings. The first-order valence-corrected chi connectivity index (χ1v) is 6.36. The van der Waals surface area contributed by atoms with E-state index in [1.54, 1.807) is 6.07 Å². The van der Waals surface area contributed by atoms with Gasteiger partial charge in [-0.05, 0) is 25.3 Å².